The van der Waals surface area contributed by atoms with Crippen molar-refractivity contribution < 1.29 is 4.79 Å². The van der Waals surface area contributed by atoms with E-state index in [0.717, 1.165) is 30.5 Å². The van der Waals surface area contributed by atoms with Crippen LogP contribution in [-0.2, 0) is 4.79 Å². The highest BCUT2D eigenvalue weighted by Gasteiger charge is 2.19. The summed E-state index contributed by atoms with van der Waals surface area (Å²) in [5.74, 6) is 0.294. The monoisotopic (exact) mass is 229 g/mol. The van der Waals surface area contributed by atoms with Gasteiger partial charge in [-0.25, -0.2) is 0 Å². The van der Waals surface area contributed by atoms with Crippen molar-refractivity contribution in [3.63, 3.8) is 0 Å². The first-order chi connectivity index (χ1) is 8.16. The van der Waals surface area contributed by atoms with E-state index in [1.165, 1.54) is 5.56 Å². The van der Waals surface area contributed by atoms with Crippen molar-refractivity contribution in [2.24, 2.45) is 5.92 Å². The highest BCUT2D eigenvalue weighted by atomic mass is 16.1. The standard InChI is InChI=1S/C15H19NO/c1-11-8-9-12(2)14(10-11)16-15(17)13-6-4-3-5-7-13/h3-4,8-10,13H,5-7H2,1-2H3,(H,16,17)/t13-/m1/s1. The smallest absolute Gasteiger partial charge is 0.227 e. The number of allylic oxidation sites excluding steroid dienone is 2. The average Bonchev–Trinajstić information content (AvgIpc) is 2.35. The number of hydrogen-bond acceptors (Lipinski definition) is 1. The molecule has 0 aliphatic heterocycles. The summed E-state index contributed by atoms with van der Waals surface area (Å²) in [5.41, 5.74) is 3.24. The van der Waals surface area contributed by atoms with Crippen molar-refractivity contribution in [3.05, 3.63) is 41.5 Å². The molecule has 2 rings (SSSR count). The zero-order chi connectivity index (χ0) is 12.3. The van der Waals surface area contributed by atoms with Gasteiger partial charge in [0.05, 0.1) is 0 Å². The fourth-order valence-corrected chi connectivity index (χ4v) is 2.14. The number of amides is 1. The minimum absolute atomic E-state index is 0.139. The van der Waals surface area contributed by atoms with E-state index in [9.17, 15) is 4.79 Å². The van der Waals surface area contributed by atoms with Crippen LogP contribution in [0.5, 0.6) is 0 Å². The Morgan fingerprint density at radius 1 is 1.29 bits per heavy atom. The van der Waals surface area contributed by atoms with Gasteiger partial charge < -0.3 is 5.32 Å². The van der Waals surface area contributed by atoms with Gasteiger partial charge in [0, 0.05) is 11.6 Å². The molecular weight excluding hydrogens is 210 g/mol. The van der Waals surface area contributed by atoms with Crippen LogP contribution in [0.1, 0.15) is 30.4 Å². The Bertz CT molecular complexity index is 448. The second-order valence-electron chi connectivity index (χ2n) is 4.79. The quantitative estimate of drug-likeness (QED) is 0.771. The summed E-state index contributed by atoms with van der Waals surface area (Å²) < 4.78 is 0. The van der Waals surface area contributed by atoms with E-state index in [-0.39, 0.29) is 11.8 Å². The number of anilines is 1. The van der Waals surface area contributed by atoms with Crippen LogP contribution in [0.3, 0.4) is 0 Å². The van der Waals surface area contributed by atoms with E-state index >= 15 is 0 Å². The maximum absolute atomic E-state index is 12.1. The molecule has 1 N–H and O–H groups in total. The predicted molar refractivity (Wildman–Crippen MR) is 71.0 cm³/mol. The summed E-state index contributed by atoms with van der Waals surface area (Å²) in [6, 6.07) is 6.14. The van der Waals surface area contributed by atoms with Gasteiger partial charge in [0.15, 0.2) is 0 Å². The van der Waals surface area contributed by atoms with Crippen molar-refractivity contribution in [3.8, 4) is 0 Å². The molecular formula is C15H19NO. The maximum atomic E-state index is 12.1. The first-order valence-electron chi connectivity index (χ1n) is 6.20. The number of hydrogen-bond donors (Lipinski definition) is 1. The van der Waals surface area contributed by atoms with Crippen LogP contribution < -0.4 is 5.32 Å². The molecule has 1 aromatic rings. The van der Waals surface area contributed by atoms with Crippen LogP contribution in [0.15, 0.2) is 30.4 Å². The average molecular weight is 229 g/mol. The molecule has 1 aliphatic rings. The zero-order valence-corrected chi connectivity index (χ0v) is 10.5. The Kier molecular flexibility index (Phi) is 3.62. The van der Waals surface area contributed by atoms with Gasteiger partial charge in [-0.05, 0) is 50.3 Å². The Labute approximate surface area is 103 Å². The molecule has 1 atom stereocenters. The van der Waals surface area contributed by atoms with Gasteiger partial charge in [-0.3, -0.25) is 4.79 Å². The van der Waals surface area contributed by atoms with Crippen molar-refractivity contribution >= 4 is 11.6 Å². The van der Waals surface area contributed by atoms with Crippen LogP contribution in [0.2, 0.25) is 0 Å². The molecule has 0 unspecified atom stereocenters. The van der Waals surface area contributed by atoms with E-state index in [0.29, 0.717) is 0 Å². The molecule has 0 spiro atoms. The summed E-state index contributed by atoms with van der Waals surface area (Å²) in [7, 11) is 0. The molecule has 0 radical (unpaired) electrons. The molecule has 0 heterocycles. The number of carbonyl (C=O) groups excluding carboxylic acids is 1. The molecule has 0 saturated carbocycles. The van der Waals surface area contributed by atoms with Gasteiger partial charge in [0.1, 0.15) is 0 Å². The van der Waals surface area contributed by atoms with Crippen molar-refractivity contribution in [2.75, 3.05) is 5.32 Å². The van der Waals surface area contributed by atoms with Crippen LogP contribution in [0, 0.1) is 19.8 Å². The molecule has 0 bridgehead atoms. The molecule has 90 valence electrons. The van der Waals surface area contributed by atoms with Gasteiger partial charge in [0.2, 0.25) is 5.91 Å². The largest absolute Gasteiger partial charge is 0.326 e. The highest BCUT2D eigenvalue weighted by Crippen LogP contribution is 2.22. The van der Waals surface area contributed by atoms with E-state index < -0.39 is 0 Å². The summed E-state index contributed by atoms with van der Waals surface area (Å²) >= 11 is 0. The van der Waals surface area contributed by atoms with Gasteiger partial charge in [-0.1, -0.05) is 24.3 Å². The molecule has 2 nitrogen and oxygen atoms in total. The third-order valence-electron chi connectivity index (χ3n) is 3.29. The van der Waals surface area contributed by atoms with Crippen LogP contribution in [-0.4, -0.2) is 5.91 Å². The second kappa shape index (κ2) is 5.17. The van der Waals surface area contributed by atoms with E-state index in [2.05, 4.69) is 23.5 Å². The van der Waals surface area contributed by atoms with Gasteiger partial charge >= 0.3 is 0 Å². The lowest BCUT2D eigenvalue weighted by Crippen LogP contribution is -2.23. The highest BCUT2D eigenvalue weighted by molar-refractivity contribution is 5.93. The molecule has 2 heteroatoms. The van der Waals surface area contributed by atoms with Crippen LogP contribution in [0.4, 0.5) is 5.69 Å². The lowest BCUT2D eigenvalue weighted by molar-refractivity contribution is -0.120. The molecule has 1 amide bonds. The normalized spacial score (nSPS) is 19.1. The summed E-state index contributed by atoms with van der Waals surface area (Å²) in [4.78, 5) is 12.1. The number of rotatable bonds is 2. The minimum atomic E-state index is 0.139. The topological polar surface area (TPSA) is 29.1 Å². The molecule has 0 fully saturated rings. The summed E-state index contributed by atoms with van der Waals surface area (Å²) in [5, 5.41) is 3.05. The van der Waals surface area contributed by atoms with Crippen molar-refractivity contribution in [1.82, 2.24) is 0 Å². The van der Waals surface area contributed by atoms with Crippen LogP contribution in [0.25, 0.3) is 0 Å². The third kappa shape index (κ3) is 2.96. The predicted octanol–water partition coefficient (Wildman–Crippen LogP) is 3.60. The first kappa shape index (κ1) is 11.9. The maximum Gasteiger partial charge on any atom is 0.227 e. The zero-order valence-electron chi connectivity index (χ0n) is 10.5. The Morgan fingerprint density at radius 2 is 2.12 bits per heavy atom. The fourth-order valence-electron chi connectivity index (χ4n) is 2.14. The Balaban J connectivity index is 2.07. The Hall–Kier alpha value is -1.57. The summed E-state index contributed by atoms with van der Waals surface area (Å²) in [6.45, 7) is 4.06. The third-order valence-corrected chi connectivity index (χ3v) is 3.29. The second-order valence-corrected chi connectivity index (χ2v) is 4.79. The number of benzene rings is 1. The SMILES string of the molecule is Cc1ccc(C)c(NC(=O)[C@@H]2CC=CCC2)c1. The molecule has 1 aromatic carbocycles. The molecule has 0 saturated heterocycles. The number of carbonyl (C=O) groups is 1. The van der Waals surface area contributed by atoms with E-state index in [1.54, 1.807) is 0 Å². The minimum Gasteiger partial charge on any atom is -0.326 e. The summed E-state index contributed by atoms with van der Waals surface area (Å²) in [6.07, 6.45) is 7.12. The van der Waals surface area contributed by atoms with Crippen LogP contribution >= 0.6 is 0 Å². The lowest BCUT2D eigenvalue weighted by Gasteiger charge is -2.18. The first-order valence-corrected chi connectivity index (χ1v) is 6.20. The molecule has 0 aromatic heterocycles. The van der Waals surface area contributed by atoms with E-state index in [4.69, 9.17) is 0 Å². The van der Waals surface area contributed by atoms with E-state index in [1.807, 2.05) is 26.0 Å². The van der Waals surface area contributed by atoms with Gasteiger partial charge in [0.25, 0.3) is 0 Å². The lowest BCUT2D eigenvalue weighted by atomic mass is 9.93. The number of aryl methyl sites for hydroxylation is 2. The fraction of sp³-hybridized carbons (Fsp3) is 0.400. The van der Waals surface area contributed by atoms with Crippen molar-refractivity contribution in [1.29, 1.82) is 0 Å². The van der Waals surface area contributed by atoms with Gasteiger partial charge in [-0.2, -0.15) is 0 Å². The van der Waals surface area contributed by atoms with Crippen molar-refractivity contribution in [2.45, 2.75) is 33.1 Å². The molecule has 1 aliphatic carbocycles. The molecule has 17 heavy (non-hydrogen) atoms. The Morgan fingerprint density at radius 3 is 2.82 bits per heavy atom. The van der Waals surface area contributed by atoms with Gasteiger partial charge in [-0.15, -0.1) is 0 Å². The number of nitrogens with one attached hydrogen (secondary N) is 1.